The summed E-state index contributed by atoms with van der Waals surface area (Å²) in [6.45, 7) is 2.01. The van der Waals surface area contributed by atoms with Crippen molar-refractivity contribution in [3.8, 4) is 0 Å². The summed E-state index contributed by atoms with van der Waals surface area (Å²) in [6.07, 6.45) is 4.46. The highest BCUT2D eigenvalue weighted by molar-refractivity contribution is 5.65. The second-order valence-electron chi connectivity index (χ2n) is 3.60. The van der Waals surface area contributed by atoms with Crippen molar-refractivity contribution in [2.24, 2.45) is 11.7 Å². The Morgan fingerprint density at radius 3 is 2.92 bits per heavy atom. The highest BCUT2D eigenvalue weighted by Gasteiger charge is 2.19. The summed E-state index contributed by atoms with van der Waals surface area (Å²) in [6, 6.07) is 0.319. The molecular formula is C9H17NO2. The zero-order valence-corrected chi connectivity index (χ0v) is 7.58. The van der Waals surface area contributed by atoms with Crippen molar-refractivity contribution in [2.75, 3.05) is 6.61 Å². The van der Waals surface area contributed by atoms with Crippen molar-refractivity contribution in [3.63, 3.8) is 0 Å². The van der Waals surface area contributed by atoms with E-state index >= 15 is 0 Å². The Kier molecular flexibility index (Phi) is 3.53. The van der Waals surface area contributed by atoms with Crippen LogP contribution in [-0.2, 0) is 9.53 Å². The molecule has 0 spiro atoms. The van der Waals surface area contributed by atoms with Crippen molar-refractivity contribution >= 4 is 5.97 Å². The molecule has 2 atom stereocenters. The Balaban J connectivity index is 2.18. The molecular weight excluding hydrogens is 154 g/mol. The van der Waals surface area contributed by atoms with Crippen LogP contribution in [0.2, 0.25) is 0 Å². The zero-order chi connectivity index (χ0) is 8.97. The van der Waals surface area contributed by atoms with Gasteiger partial charge in [0, 0.05) is 13.0 Å². The number of nitrogens with two attached hydrogens (primary N) is 1. The fraction of sp³-hybridized carbons (Fsp3) is 0.889. The fourth-order valence-corrected chi connectivity index (χ4v) is 1.72. The van der Waals surface area contributed by atoms with Gasteiger partial charge in [-0.25, -0.2) is 0 Å². The van der Waals surface area contributed by atoms with Gasteiger partial charge in [-0.2, -0.15) is 0 Å². The highest BCUT2D eigenvalue weighted by atomic mass is 16.5. The van der Waals surface area contributed by atoms with Crippen molar-refractivity contribution in [3.05, 3.63) is 0 Å². The molecule has 12 heavy (non-hydrogen) atoms. The maximum absolute atomic E-state index is 10.5. The molecule has 70 valence electrons. The third kappa shape index (κ3) is 3.22. The molecule has 1 fully saturated rings. The molecule has 1 rings (SSSR count). The molecule has 1 saturated carbocycles. The molecule has 3 heteroatoms. The van der Waals surface area contributed by atoms with Crippen LogP contribution in [0.25, 0.3) is 0 Å². The quantitative estimate of drug-likeness (QED) is 0.632. The van der Waals surface area contributed by atoms with E-state index in [0.29, 0.717) is 18.6 Å². The first-order valence-electron chi connectivity index (χ1n) is 4.57. The minimum Gasteiger partial charge on any atom is -0.466 e. The van der Waals surface area contributed by atoms with E-state index < -0.39 is 0 Å². The molecule has 0 aromatic heterocycles. The van der Waals surface area contributed by atoms with Gasteiger partial charge in [0.25, 0.3) is 0 Å². The van der Waals surface area contributed by atoms with Crippen molar-refractivity contribution in [1.29, 1.82) is 0 Å². The molecule has 1 aliphatic rings. The fourth-order valence-electron chi connectivity index (χ4n) is 1.72. The van der Waals surface area contributed by atoms with Crippen LogP contribution in [0.3, 0.4) is 0 Å². The maximum Gasteiger partial charge on any atom is 0.302 e. The summed E-state index contributed by atoms with van der Waals surface area (Å²) in [4.78, 5) is 10.5. The summed E-state index contributed by atoms with van der Waals surface area (Å²) < 4.78 is 4.94. The van der Waals surface area contributed by atoms with Crippen LogP contribution in [-0.4, -0.2) is 18.6 Å². The lowest BCUT2D eigenvalue weighted by Gasteiger charge is -2.25. The Morgan fingerprint density at radius 2 is 2.33 bits per heavy atom. The lowest BCUT2D eigenvalue weighted by molar-refractivity contribution is -0.142. The van der Waals surface area contributed by atoms with Gasteiger partial charge in [0.1, 0.15) is 0 Å². The molecule has 0 unspecified atom stereocenters. The van der Waals surface area contributed by atoms with Crippen LogP contribution in [0.4, 0.5) is 0 Å². The van der Waals surface area contributed by atoms with E-state index in [0.717, 1.165) is 19.3 Å². The van der Waals surface area contributed by atoms with E-state index in [-0.39, 0.29) is 5.97 Å². The second kappa shape index (κ2) is 4.45. The third-order valence-electron chi connectivity index (χ3n) is 2.35. The van der Waals surface area contributed by atoms with Gasteiger partial charge in [-0.1, -0.05) is 6.42 Å². The van der Waals surface area contributed by atoms with E-state index in [1.807, 2.05) is 0 Å². The first-order valence-corrected chi connectivity index (χ1v) is 4.57. The van der Waals surface area contributed by atoms with Gasteiger partial charge in [0.05, 0.1) is 6.61 Å². The average Bonchev–Trinajstić information content (AvgIpc) is 2.01. The van der Waals surface area contributed by atoms with Crippen LogP contribution in [0.15, 0.2) is 0 Å². The van der Waals surface area contributed by atoms with Gasteiger partial charge < -0.3 is 10.5 Å². The van der Waals surface area contributed by atoms with Crippen LogP contribution < -0.4 is 5.73 Å². The summed E-state index contributed by atoms with van der Waals surface area (Å²) in [7, 11) is 0. The molecule has 0 heterocycles. The molecule has 0 saturated heterocycles. The van der Waals surface area contributed by atoms with Gasteiger partial charge in [-0.05, 0) is 25.2 Å². The van der Waals surface area contributed by atoms with E-state index in [4.69, 9.17) is 10.5 Å². The first-order chi connectivity index (χ1) is 5.68. The van der Waals surface area contributed by atoms with Crippen LogP contribution in [0.5, 0.6) is 0 Å². The summed E-state index contributed by atoms with van der Waals surface area (Å²) in [5.74, 6) is 0.312. The minimum absolute atomic E-state index is 0.186. The van der Waals surface area contributed by atoms with Gasteiger partial charge in [-0.3, -0.25) is 4.79 Å². The highest BCUT2D eigenvalue weighted by Crippen LogP contribution is 2.23. The monoisotopic (exact) mass is 171 g/mol. The molecule has 2 N–H and O–H groups in total. The van der Waals surface area contributed by atoms with Gasteiger partial charge in [0.2, 0.25) is 0 Å². The standard InChI is InChI=1S/C9H17NO2/c1-7(11)12-6-8-3-2-4-9(10)5-8/h8-9H,2-6,10H2,1H3/t8-,9-/m1/s1. The third-order valence-corrected chi connectivity index (χ3v) is 2.35. The van der Waals surface area contributed by atoms with Crippen LogP contribution in [0, 0.1) is 5.92 Å². The van der Waals surface area contributed by atoms with E-state index in [2.05, 4.69) is 0 Å². The Morgan fingerprint density at radius 1 is 1.58 bits per heavy atom. The molecule has 0 aromatic carbocycles. The normalized spacial score (nSPS) is 29.8. The minimum atomic E-state index is -0.186. The summed E-state index contributed by atoms with van der Waals surface area (Å²) >= 11 is 0. The molecule has 1 aliphatic carbocycles. The topological polar surface area (TPSA) is 52.3 Å². The predicted molar refractivity (Wildman–Crippen MR) is 46.6 cm³/mol. The van der Waals surface area contributed by atoms with Crippen molar-refractivity contribution in [1.82, 2.24) is 0 Å². The number of hydrogen-bond donors (Lipinski definition) is 1. The first kappa shape index (κ1) is 9.52. The Bertz CT molecular complexity index is 159. The molecule has 0 radical (unpaired) electrons. The number of carbonyl (C=O) groups is 1. The summed E-state index contributed by atoms with van der Waals surface area (Å²) in [5.41, 5.74) is 5.79. The smallest absolute Gasteiger partial charge is 0.302 e. The Hall–Kier alpha value is -0.570. The number of hydrogen-bond acceptors (Lipinski definition) is 3. The van der Waals surface area contributed by atoms with Gasteiger partial charge in [-0.15, -0.1) is 0 Å². The molecule has 0 aromatic rings. The predicted octanol–water partition coefficient (Wildman–Crippen LogP) is 1.07. The lowest BCUT2D eigenvalue weighted by Crippen LogP contribution is -2.30. The van der Waals surface area contributed by atoms with Crippen LogP contribution >= 0.6 is 0 Å². The Labute approximate surface area is 73.3 Å². The molecule has 0 aliphatic heterocycles. The van der Waals surface area contributed by atoms with Crippen LogP contribution in [0.1, 0.15) is 32.6 Å². The van der Waals surface area contributed by atoms with E-state index in [9.17, 15) is 4.79 Å². The molecule has 3 nitrogen and oxygen atoms in total. The van der Waals surface area contributed by atoms with E-state index in [1.54, 1.807) is 0 Å². The lowest BCUT2D eigenvalue weighted by atomic mass is 9.87. The zero-order valence-electron chi connectivity index (χ0n) is 7.58. The largest absolute Gasteiger partial charge is 0.466 e. The number of esters is 1. The number of rotatable bonds is 2. The maximum atomic E-state index is 10.5. The van der Waals surface area contributed by atoms with Gasteiger partial charge in [0.15, 0.2) is 0 Å². The van der Waals surface area contributed by atoms with Gasteiger partial charge >= 0.3 is 5.97 Å². The number of carbonyl (C=O) groups excluding carboxylic acids is 1. The van der Waals surface area contributed by atoms with Crippen molar-refractivity contribution in [2.45, 2.75) is 38.6 Å². The SMILES string of the molecule is CC(=O)OC[C@@H]1CCC[C@@H](N)C1. The summed E-state index contributed by atoms with van der Waals surface area (Å²) in [5, 5.41) is 0. The van der Waals surface area contributed by atoms with E-state index in [1.165, 1.54) is 13.3 Å². The molecule has 0 amide bonds. The average molecular weight is 171 g/mol. The molecule has 0 bridgehead atoms. The number of ether oxygens (including phenoxy) is 1. The van der Waals surface area contributed by atoms with Crippen molar-refractivity contribution < 1.29 is 9.53 Å². The second-order valence-corrected chi connectivity index (χ2v) is 3.60.